The van der Waals surface area contributed by atoms with Crippen LogP contribution in [0.5, 0.6) is 5.75 Å². The number of hydrogen-bond acceptors (Lipinski definition) is 4. The number of carbonyl (C=O) groups excluding carboxylic acids is 2. The molecule has 2 aromatic rings. The first-order valence-electron chi connectivity index (χ1n) is 9.81. The van der Waals surface area contributed by atoms with Gasteiger partial charge in [0, 0.05) is 36.3 Å². The molecule has 1 fully saturated rings. The Morgan fingerprint density at radius 2 is 1.72 bits per heavy atom. The van der Waals surface area contributed by atoms with E-state index in [0.29, 0.717) is 38.5 Å². The fourth-order valence-electron chi connectivity index (χ4n) is 3.27. The number of carbonyl (C=O) groups is 2. The van der Waals surface area contributed by atoms with Gasteiger partial charge in [-0.05, 0) is 42.3 Å². The lowest BCUT2D eigenvalue weighted by molar-refractivity contribution is -0.135. The second-order valence-corrected chi connectivity index (χ2v) is 7.87. The van der Waals surface area contributed by atoms with Gasteiger partial charge < -0.3 is 15.0 Å². The average molecular weight is 460 g/mol. The summed E-state index contributed by atoms with van der Waals surface area (Å²) in [4.78, 5) is 28.6. The molecule has 3 rings (SSSR count). The van der Waals surface area contributed by atoms with Gasteiger partial charge in [0.15, 0.2) is 6.61 Å². The molecule has 0 bridgehead atoms. The number of hydrogen-bond donors (Lipinski definition) is 1. The highest BCUT2D eigenvalue weighted by Crippen LogP contribution is 2.17. The summed E-state index contributed by atoms with van der Waals surface area (Å²) in [6, 6.07) is 15.3. The molecule has 1 saturated heterocycles. The summed E-state index contributed by atoms with van der Waals surface area (Å²) in [5.41, 5.74) is 2.00. The monoisotopic (exact) mass is 459 g/mol. The standard InChI is InChI=1S/C22H26BrN3O3/c1-2-17-5-3-4-6-20(17)24-21(27)15-25-11-13-26(14-12-25)22(28)16-29-19-9-7-18(23)8-10-19/h3-10H,2,11-16H2,1H3,(H,24,27). The van der Waals surface area contributed by atoms with E-state index in [9.17, 15) is 9.59 Å². The summed E-state index contributed by atoms with van der Waals surface area (Å²) < 4.78 is 6.53. The van der Waals surface area contributed by atoms with Crippen LogP contribution in [-0.2, 0) is 16.0 Å². The zero-order valence-electron chi connectivity index (χ0n) is 16.6. The largest absolute Gasteiger partial charge is 0.484 e. The third-order valence-corrected chi connectivity index (χ3v) is 5.47. The molecule has 0 aromatic heterocycles. The van der Waals surface area contributed by atoms with Gasteiger partial charge in [0.25, 0.3) is 5.91 Å². The Balaban J connectivity index is 1.41. The highest BCUT2D eigenvalue weighted by molar-refractivity contribution is 9.10. The lowest BCUT2D eigenvalue weighted by Crippen LogP contribution is -2.51. The van der Waals surface area contributed by atoms with Crippen LogP contribution < -0.4 is 10.1 Å². The smallest absolute Gasteiger partial charge is 0.260 e. The van der Waals surface area contributed by atoms with E-state index < -0.39 is 0 Å². The minimum absolute atomic E-state index is 0.0237. The number of amides is 2. The lowest BCUT2D eigenvalue weighted by atomic mass is 10.1. The third-order valence-electron chi connectivity index (χ3n) is 4.94. The van der Waals surface area contributed by atoms with Crippen molar-refractivity contribution in [3.05, 3.63) is 58.6 Å². The van der Waals surface area contributed by atoms with Crippen molar-refractivity contribution in [1.29, 1.82) is 0 Å². The van der Waals surface area contributed by atoms with Gasteiger partial charge >= 0.3 is 0 Å². The molecule has 6 nitrogen and oxygen atoms in total. The van der Waals surface area contributed by atoms with Crippen LogP contribution in [0.25, 0.3) is 0 Å². The molecule has 0 radical (unpaired) electrons. The summed E-state index contributed by atoms with van der Waals surface area (Å²) in [7, 11) is 0. The Hall–Kier alpha value is -2.38. The number of para-hydroxylation sites is 1. The van der Waals surface area contributed by atoms with Gasteiger partial charge in [0.2, 0.25) is 5.91 Å². The maximum absolute atomic E-state index is 12.4. The first kappa shape index (κ1) is 21.3. The average Bonchev–Trinajstić information content (AvgIpc) is 2.74. The SMILES string of the molecule is CCc1ccccc1NC(=O)CN1CCN(C(=O)COc2ccc(Br)cc2)CC1. The fraction of sp³-hybridized carbons (Fsp3) is 0.364. The molecule has 2 aromatic carbocycles. The predicted molar refractivity (Wildman–Crippen MR) is 117 cm³/mol. The summed E-state index contributed by atoms with van der Waals surface area (Å²) in [5, 5.41) is 3.00. The van der Waals surface area contributed by atoms with E-state index in [-0.39, 0.29) is 18.4 Å². The van der Waals surface area contributed by atoms with Crippen LogP contribution in [0.3, 0.4) is 0 Å². The van der Waals surface area contributed by atoms with Crippen LogP contribution in [0.15, 0.2) is 53.0 Å². The quantitative estimate of drug-likeness (QED) is 0.690. The van der Waals surface area contributed by atoms with E-state index >= 15 is 0 Å². The Bertz CT molecular complexity index is 833. The molecule has 1 aliphatic heterocycles. The van der Waals surface area contributed by atoms with E-state index in [1.54, 1.807) is 4.90 Å². The first-order valence-corrected chi connectivity index (χ1v) is 10.6. The van der Waals surface area contributed by atoms with Crippen molar-refractivity contribution in [3.8, 4) is 5.75 Å². The maximum atomic E-state index is 12.4. The zero-order valence-corrected chi connectivity index (χ0v) is 18.2. The van der Waals surface area contributed by atoms with Gasteiger partial charge in [-0.3, -0.25) is 14.5 Å². The first-order chi connectivity index (χ1) is 14.0. The number of anilines is 1. The summed E-state index contributed by atoms with van der Waals surface area (Å²) in [5.74, 6) is 0.613. The predicted octanol–water partition coefficient (Wildman–Crippen LogP) is 3.17. The van der Waals surface area contributed by atoms with Gasteiger partial charge in [-0.25, -0.2) is 0 Å². The number of halogens is 1. The second kappa shape index (κ2) is 10.4. The van der Waals surface area contributed by atoms with E-state index in [4.69, 9.17) is 4.74 Å². The van der Waals surface area contributed by atoms with Gasteiger partial charge in [-0.1, -0.05) is 41.1 Å². The summed E-state index contributed by atoms with van der Waals surface area (Å²) in [6.45, 7) is 4.97. The fourth-order valence-corrected chi connectivity index (χ4v) is 3.53. The van der Waals surface area contributed by atoms with Gasteiger partial charge in [0.05, 0.1) is 6.54 Å². The Morgan fingerprint density at radius 1 is 1.03 bits per heavy atom. The van der Waals surface area contributed by atoms with Crippen LogP contribution in [0, 0.1) is 0 Å². The van der Waals surface area contributed by atoms with Crippen molar-refractivity contribution < 1.29 is 14.3 Å². The highest BCUT2D eigenvalue weighted by Gasteiger charge is 2.23. The Morgan fingerprint density at radius 3 is 2.41 bits per heavy atom. The molecule has 0 spiro atoms. The van der Waals surface area contributed by atoms with Gasteiger partial charge in [0.1, 0.15) is 5.75 Å². The van der Waals surface area contributed by atoms with Crippen molar-refractivity contribution >= 4 is 33.4 Å². The topological polar surface area (TPSA) is 61.9 Å². The van der Waals surface area contributed by atoms with Gasteiger partial charge in [-0.2, -0.15) is 0 Å². The van der Waals surface area contributed by atoms with Crippen molar-refractivity contribution in [2.75, 3.05) is 44.6 Å². The molecule has 1 heterocycles. The number of nitrogens with zero attached hydrogens (tertiary/aromatic N) is 2. The summed E-state index contributed by atoms with van der Waals surface area (Å²) in [6.07, 6.45) is 0.875. The number of piperazine rings is 1. The van der Waals surface area contributed by atoms with Crippen molar-refractivity contribution in [1.82, 2.24) is 9.80 Å². The molecule has 2 amide bonds. The van der Waals surface area contributed by atoms with Crippen molar-refractivity contribution in [3.63, 3.8) is 0 Å². The molecule has 1 N–H and O–H groups in total. The van der Waals surface area contributed by atoms with E-state index in [1.807, 2.05) is 48.5 Å². The van der Waals surface area contributed by atoms with Crippen LogP contribution in [0.2, 0.25) is 0 Å². The molecule has 0 aliphatic carbocycles. The van der Waals surface area contributed by atoms with Crippen molar-refractivity contribution in [2.45, 2.75) is 13.3 Å². The molecule has 0 atom stereocenters. The molecule has 29 heavy (non-hydrogen) atoms. The Kier molecular flexibility index (Phi) is 7.66. The van der Waals surface area contributed by atoms with Crippen LogP contribution in [0.1, 0.15) is 12.5 Å². The summed E-state index contributed by atoms with van der Waals surface area (Å²) >= 11 is 3.37. The van der Waals surface area contributed by atoms with Gasteiger partial charge in [-0.15, -0.1) is 0 Å². The normalized spacial score (nSPS) is 14.5. The minimum atomic E-state index is -0.0334. The Labute approximate surface area is 180 Å². The van der Waals surface area contributed by atoms with Crippen LogP contribution in [0.4, 0.5) is 5.69 Å². The number of rotatable bonds is 7. The molecule has 154 valence electrons. The lowest BCUT2D eigenvalue weighted by Gasteiger charge is -2.34. The van der Waals surface area contributed by atoms with Crippen LogP contribution >= 0.6 is 15.9 Å². The number of ether oxygens (including phenoxy) is 1. The van der Waals surface area contributed by atoms with E-state index in [1.165, 1.54) is 0 Å². The minimum Gasteiger partial charge on any atom is -0.484 e. The molecule has 0 saturated carbocycles. The number of nitrogens with one attached hydrogen (secondary N) is 1. The highest BCUT2D eigenvalue weighted by atomic mass is 79.9. The maximum Gasteiger partial charge on any atom is 0.260 e. The van der Waals surface area contributed by atoms with Crippen LogP contribution in [-0.4, -0.2) is 60.9 Å². The molecular weight excluding hydrogens is 434 g/mol. The number of benzene rings is 2. The van der Waals surface area contributed by atoms with E-state index in [0.717, 1.165) is 22.1 Å². The molecule has 7 heteroatoms. The molecule has 1 aliphatic rings. The van der Waals surface area contributed by atoms with Crippen molar-refractivity contribution in [2.24, 2.45) is 0 Å². The molecule has 0 unspecified atom stereocenters. The molecular formula is C22H26BrN3O3. The number of aryl methyl sites for hydroxylation is 1. The van der Waals surface area contributed by atoms with E-state index in [2.05, 4.69) is 33.1 Å². The zero-order chi connectivity index (χ0) is 20.6. The third kappa shape index (κ3) is 6.30. The second-order valence-electron chi connectivity index (χ2n) is 6.96.